The number of aryl methyl sites for hydroxylation is 1. The number of carbonyl (C=O) groups excluding carboxylic acids is 1. The number of aromatic nitrogens is 1. The maximum atomic E-state index is 12.5. The lowest BCUT2D eigenvalue weighted by molar-refractivity contribution is 0.0196. The van der Waals surface area contributed by atoms with Crippen molar-refractivity contribution in [1.29, 1.82) is 0 Å². The van der Waals surface area contributed by atoms with Gasteiger partial charge in [-0.3, -0.25) is 9.78 Å². The second-order valence-corrected chi connectivity index (χ2v) is 9.17. The Labute approximate surface area is 148 Å². The Hall–Kier alpha value is -1.07. The molecule has 1 atom stereocenters. The van der Waals surface area contributed by atoms with Gasteiger partial charge in [-0.2, -0.15) is 0 Å². The fourth-order valence-electron chi connectivity index (χ4n) is 4.13. The highest BCUT2D eigenvalue weighted by molar-refractivity contribution is 8.01. The minimum absolute atomic E-state index is 0.0662. The number of ether oxygens (including phenoxy) is 1. The van der Waals surface area contributed by atoms with Gasteiger partial charge in [-0.1, -0.05) is 18.9 Å². The van der Waals surface area contributed by atoms with Gasteiger partial charge in [-0.15, -0.1) is 11.8 Å². The lowest BCUT2D eigenvalue weighted by Gasteiger charge is -2.47. The predicted octanol–water partition coefficient (Wildman–Crippen LogP) is 3.30. The van der Waals surface area contributed by atoms with E-state index >= 15 is 0 Å². The van der Waals surface area contributed by atoms with Crippen molar-refractivity contribution in [2.45, 2.75) is 49.9 Å². The van der Waals surface area contributed by atoms with E-state index < -0.39 is 0 Å². The van der Waals surface area contributed by atoms with Gasteiger partial charge in [0.25, 0.3) is 5.91 Å². The van der Waals surface area contributed by atoms with Crippen LogP contribution in [-0.4, -0.2) is 52.1 Å². The summed E-state index contributed by atoms with van der Waals surface area (Å²) in [6, 6.07) is 3.78. The first kappa shape index (κ1) is 16.4. The van der Waals surface area contributed by atoms with E-state index in [1.807, 2.05) is 35.7 Å². The third-order valence-electron chi connectivity index (χ3n) is 5.59. The Morgan fingerprint density at radius 1 is 1.38 bits per heavy atom. The van der Waals surface area contributed by atoms with E-state index in [2.05, 4.69) is 4.98 Å². The molecule has 1 amide bonds. The van der Waals surface area contributed by atoms with Crippen LogP contribution in [0.1, 0.15) is 48.2 Å². The van der Waals surface area contributed by atoms with Crippen LogP contribution in [0.15, 0.2) is 18.3 Å². The van der Waals surface area contributed by atoms with Crippen molar-refractivity contribution in [2.75, 3.05) is 25.4 Å². The number of thioether (sulfide) groups is 1. The molecule has 1 aliphatic carbocycles. The fourth-order valence-corrected chi connectivity index (χ4v) is 5.68. The van der Waals surface area contributed by atoms with E-state index in [-0.39, 0.29) is 10.7 Å². The molecule has 4 nitrogen and oxygen atoms in total. The summed E-state index contributed by atoms with van der Waals surface area (Å²) in [6.07, 6.45) is 8.68. The molecule has 4 rings (SSSR count). The molecule has 3 fully saturated rings. The maximum absolute atomic E-state index is 12.5. The molecule has 5 heteroatoms. The van der Waals surface area contributed by atoms with Crippen LogP contribution in [0.5, 0.6) is 0 Å². The molecule has 1 saturated carbocycles. The summed E-state index contributed by atoms with van der Waals surface area (Å²) >= 11 is 2.00. The third-order valence-corrected chi connectivity index (χ3v) is 7.17. The van der Waals surface area contributed by atoms with Gasteiger partial charge in [0.15, 0.2) is 0 Å². The van der Waals surface area contributed by atoms with Crippen molar-refractivity contribution >= 4 is 17.7 Å². The van der Waals surface area contributed by atoms with Crippen LogP contribution in [0.25, 0.3) is 0 Å². The molecular weight excluding hydrogens is 320 g/mol. The van der Waals surface area contributed by atoms with Crippen molar-refractivity contribution in [3.8, 4) is 0 Å². The number of nitrogens with zero attached hydrogens (tertiary/aromatic N) is 2. The summed E-state index contributed by atoms with van der Waals surface area (Å²) in [4.78, 5) is 18.7. The highest BCUT2D eigenvalue weighted by atomic mass is 32.2. The molecule has 1 aromatic heterocycles. The molecule has 3 aliphatic rings. The number of likely N-dealkylation sites (tertiary alicyclic amines) is 1. The zero-order valence-electron chi connectivity index (χ0n) is 14.4. The Morgan fingerprint density at radius 2 is 2.17 bits per heavy atom. The van der Waals surface area contributed by atoms with Gasteiger partial charge in [-0.05, 0) is 43.7 Å². The minimum atomic E-state index is 0.0662. The minimum Gasteiger partial charge on any atom is -0.377 e. The number of hydrogen-bond donors (Lipinski definition) is 0. The standard InChI is InChI=1S/C19H26N2O2S/c1-14-6-7-17(20-9-14)18(22)21-12-19(13-21)8-16(11-24-19)23-10-15-4-2-3-5-15/h6-7,9,15-16H,2-5,8,10-13H2,1H3. The monoisotopic (exact) mass is 346 g/mol. The number of carbonyl (C=O) groups is 1. The number of amides is 1. The van der Waals surface area contributed by atoms with E-state index in [9.17, 15) is 4.79 Å². The first-order valence-electron chi connectivity index (χ1n) is 9.11. The molecule has 1 unspecified atom stereocenters. The molecule has 0 aromatic carbocycles. The van der Waals surface area contributed by atoms with Crippen LogP contribution < -0.4 is 0 Å². The van der Waals surface area contributed by atoms with Gasteiger partial charge in [0, 0.05) is 31.6 Å². The molecule has 0 N–H and O–H groups in total. The highest BCUT2D eigenvalue weighted by Gasteiger charge is 2.51. The third kappa shape index (κ3) is 3.33. The van der Waals surface area contributed by atoms with Crippen LogP contribution in [0, 0.1) is 12.8 Å². The highest BCUT2D eigenvalue weighted by Crippen LogP contribution is 2.46. The summed E-state index contributed by atoms with van der Waals surface area (Å²) in [5.41, 5.74) is 1.65. The smallest absolute Gasteiger partial charge is 0.272 e. The van der Waals surface area contributed by atoms with E-state index in [0.29, 0.717) is 11.8 Å². The van der Waals surface area contributed by atoms with E-state index in [1.54, 1.807) is 6.20 Å². The van der Waals surface area contributed by atoms with Crippen molar-refractivity contribution in [3.63, 3.8) is 0 Å². The zero-order valence-corrected chi connectivity index (χ0v) is 15.2. The SMILES string of the molecule is Cc1ccc(C(=O)N2CC3(CC(OCC4CCCC4)CS3)C2)nc1. The van der Waals surface area contributed by atoms with Crippen molar-refractivity contribution in [3.05, 3.63) is 29.6 Å². The quantitative estimate of drug-likeness (QED) is 0.839. The average Bonchev–Trinajstić information content (AvgIpc) is 3.21. The molecular formula is C19H26N2O2S. The second kappa shape index (κ2) is 6.68. The molecule has 2 aliphatic heterocycles. The largest absolute Gasteiger partial charge is 0.377 e. The summed E-state index contributed by atoms with van der Waals surface area (Å²) in [6.45, 7) is 4.61. The molecule has 0 bridgehead atoms. The van der Waals surface area contributed by atoms with Crippen LogP contribution in [0.3, 0.4) is 0 Å². The number of hydrogen-bond acceptors (Lipinski definition) is 4. The molecule has 1 spiro atoms. The first-order chi connectivity index (χ1) is 11.6. The van der Waals surface area contributed by atoms with Gasteiger partial charge in [0.05, 0.1) is 10.9 Å². The van der Waals surface area contributed by atoms with Crippen LogP contribution in [0.4, 0.5) is 0 Å². The van der Waals surface area contributed by atoms with Gasteiger partial charge in [0.2, 0.25) is 0 Å². The summed E-state index contributed by atoms with van der Waals surface area (Å²) < 4.78 is 6.41. The summed E-state index contributed by atoms with van der Waals surface area (Å²) in [5.74, 6) is 1.94. The lowest BCUT2D eigenvalue weighted by atomic mass is 9.92. The molecule has 3 heterocycles. The summed E-state index contributed by atoms with van der Waals surface area (Å²) in [7, 11) is 0. The Kier molecular flexibility index (Phi) is 4.56. The van der Waals surface area contributed by atoms with Crippen molar-refractivity contribution in [1.82, 2.24) is 9.88 Å². The topological polar surface area (TPSA) is 42.4 Å². The van der Waals surface area contributed by atoms with Crippen LogP contribution >= 0.6 is 11.8 Å². The Morgan fingerprint density at radius 3 is 2.88 bits per heavy atom. The number of rotatable bonds is 4. The maximum Gasteiger partial charge on any atom is 0.272 e. The fraction of sp³-hybridized carbons (Fsp3) is 0.684. The zero-order chi connectivity index (χ0) is 16.6. The molecule has 0 radical (unpaired) electrons. The second-order valence-electron chi connectivity index (χ2n) is 7.69. The first-order valence-corrected chi connectivity index (χ1v) is 10.1. The van der Waals surface area contributed by atoms with Crippen LogP contribution in [0.2, 0.25) is 0 Å². The lowest BCUT2D eigenvalue weighted by Crippen LogP contribution is -2.60. The molecule has 130 valence electrons. The van der Waals surface area contributed by atoms with Gasteiger partial charge in [-0.25, -0.2) is 0 Å². The van der Waals surface area contributed by atoms with Crippen LogP contribution in [-0.2, 0) is 4.74 Å². The van der Waals surface area contributed by atoms with Crippen molar-refractivity contribution in [2.24, 2.45) is 5.92 Å². The van der Waals surface area contributed by atoms with Crippen molar-refractivity contribution < 1.29 is 9.53 Å². The Bertz CT molecular complexity index is 592. The molecule has 1 aromatic rings. The van der Waals surface area contributed by atoms with E-state index in [1.165, 1.54) is 25.7 Å². The van der Waals surface area contributed by atoms with E-state index in [0.717, 1.165) is 43.4 Å². The Balaban J connectivity index is 1.26. The summed E-state index contributed by atoms with van der Waals surface area (Å²) in [5, 5.41) is 0. The predicted molar refractivity (Wildman–Crippen MR) is 96.4 cm³/mol. The van der Waals surface area contributed by atoms with E-state index in [4.69, 9.17) is 4.74 Å². The van der Waals surface area contributed by atoms with Gasteiger partial charge in [0.1, 0.15) is 5.69 Å². The molecule has 2 saturated heterocycles. The average molecular weight is 346 g/mol. The molecule has 24 heavy (non-hydrogen) atoms. The van der Waals surface area contributed by atoms with Gasteiger partial charge >= 0.3 is 0 Å². The number of pyridine rings is 1. The van der Waals surface area contributed by atoms with Gasteiger partial charge < -0.3 is 9.64 Å². The normalized spacial score (nSPS) is 26.0.